The van der Waals surface area contributed by atoms with Crippen LogP contribution < -0.4 is 0 Å². The minimum atomic E-state index is -0.547. The van der Waals surface area contributed by atoms with Crippen molar-refractivity contribution in [1.29, 1.82) is 0 Å². The number of hydrogen-bond donors (Lipinski definition) is 0. The van der Waals surface area contributed by atoms with Crippen molar-refractivity contribution in [3.63, 3.8) is 0 Å². The molecule has 0 aliphatic carbocycles. The Hall–Kier alpha value is -0.570. The molecule has 3 heteroatoms. The molecular formula is C7H13NO2. The third-order valence-corrected chi connectivity index (χ3v) is 2.17. The maximum atomic E-state index is 11.3. The van der Waals surface area contributed by atoms with E-state index in [9.17, 15) is 4.79 Å². The standard InChI is InChI=1S/C7H13NO2/c1-7(10-3)4-5-8(2)6(7)9/h4-5H2,1-3H3. The Kier molecular flexibility index (Phi) is 1.68. The fourth-order valence-corrected chi connectivity index (χ4v) is 1.18. The Bertz CT molecular complexity index is 158. The Morgan fingerprint density at radius 1 is 1.70 bits per heavy atom. The molecule has 0 spiro atoms. The lowest BCUT2D eigenvalue weighted by Crippen LogP contribution is -2.37. The van der Waals surface area contributed by atoms with Gasteiger partial charge in [0.2, 0.25) is 0 Å². The number of likely N-dealkylation sites (N-methyl/N-ethyl adjacent to an activating group) is 1. The first-order chi connectivity index (χ1) is 4.60. The van der Waals surface area contributed by atoms with Gasteiger partial charge in [0.1, 0.15) is 5.60 Å². The summed E-state index contributed by atoms with van der Waals surface area (Å²) in [6, 6.07) is 0. The van der Waals surface area contributed by atoms with Crippen LogP contribution in [0.15, 0.2) is 0 Å². The number of carbonyl (C=O) groups is 1. The molecule has 1 saturated heterocycles. The number of methoxy groups -OCH3 is 1. The lowest BCUT2D eigenvalue weighted by molar-refractivity contribution is -0.143. The first-order valence-corrected chi connectivity index (χ1v) is 3.41. The molecule has 0 radical (unpaired) electrons. The SMILES string of the molecule is COC1(C)CCN(C)C1=O. The smallest absolute Gasteiger partial charge is 0.254 e. The second-order valence-corrected chi connectivity index (χ2v) is 2.91. The number of rotatable bonds is 1. The zero-order chi connectivity index (χ0) is 7.78. The second kappa shape index (κ2) is 2.23. The predicted octanol–water partition coefficient (Wildman–Crippen LogP) is 0.254. The molecule has 0 bridgehead atoms. The molecule has 0 saturated carbocycles. The highest BCUT2D eigenvalue weighted by molar-refractivity contribution is 5.86. The molecule has 1 heterocycles. The first-order valence-electron chi connectivity index (χ1n) is 3.41. The fourth-order valence-electron chi connectivity index (χ4n) is 1.18. The summed E-state index contributed by atoms with van der Waals surface area (Å²) in [6.45, 7) is 2.64. The molecule has 1 amide bonds. The van der Waals surface area contributed by atoms with E-state index in [1.807, 2.05) is 6.92 Å². The third kappa shape index (κ3) is 0.904. The monoisotopic (exact) mass is 143 g/mol. The summed E-state index contributed by atoms with van der Waals surface area (Å²) in [5, 5.41) is 0. The minimum Gasteiger partial charge on any atom is -0.369 e. The van der Waals surface area contributed by atoms with Gasteiger partial charge >= 0.3 is 0 Å². The van der Waals surface area contributed by atoms with Crippen LogP contribution in [-0.2, 0) is 9.53 Å². The van der Waals surface area contributed by atoms with Gasteiger partial charge in [0, 0.05) is 27.1 Å². The highest BCUT2D eigenvalue weighted by atomic mass is 16.5. The summed E-state index contributed by atoms with van der Waals surface area (Å²) in [7, 11) is 3.38. The Morgan fingerprint density at radius 3 is 2.50 bits per heavy atom. The van der Waals surface area contributed by atoms with E-state index in [0.717, 1.165) is 13.0 Å². The highest BCUT2D eigenvalue weighted by Gasteiger charge is 2.40. The Labute approximate surface area is 61.0 Å². The summed E-state index contributed by atoms with van der Waals surface area (Å²) >= 11 is 0. The van der Waals surface area contributed by atoms with Crippen LogP contribution in [0, 0.1) is 0 Å². The van der Waals surface area contributed by atoms with Gasteiger partial charge in [0.05, 0.1) is 0 Å². The molecule has 1 atom stereocenters. The van der Waals surface area contributed by atoms with Gasteiger partial charge in [-0.15, -0.1) is 0 Å². The zero-order valence-electron chi connectivity index (χ0n) is 6.68. The van der Waals surface area contributed by atoms with Crippen molar-refractivity contribution in [2.45, 2.75) is 18.9 Å². The number of carbonyl (C=O) groups excluding carboxylic acids is 1. The number of amides is 1. The van der Waals surface area contributed by atoms with Crippen LogP contribution in [0.2, 0.25) is 0 Å². The van der Waals surface area contributed by atoms with Gasteiger partial charge < -0.3 is 9.64 Å². The van der Waals surface area contributed by atoms with Crippen LogP contribution >= 0.6 is 0 Å². The van der Waals surface area contributed by atoms with Crippen LogP contribution in [-0.4, -0.2) is 37.1 Å². The normalized spacial score (nSPS) is 33.5. The summed E-state index contributed by atoms with van der Waals surface area (Å²) < 4.78 is 5.09. The fraction of sp³-hybridized carbons (Fsp3) is 0.857. The quantitative estimate of drug-likeness (QED) is 0.526. The van der Waals surface area contributed by atoms with E-state index in [2.05, 4.69) is 0 Å². The molecule has 10 heavy (non-hydrogen) atoms. The van der Waals surface area contributed by atoms with Crippen molar-refractivity contribution < 1.29 is 9.53 Å². The van der Waals surface area contributed by atoms with Crippen molar-refractivity contribution in [1.82, 2.24) is 4.90 Å². The van der Waals surface area contributed by atoms with Crippen molar-refractivity contribution >= 4 is 5.91 Å². The maximum absolute atomic E-state index is 11.3. The number of likely N-dealkylation sites (tertiary alicyclic amines) is 1. The van der Waals surface area contributed by atoms with Crippen molar-refractivity contribution in [3.8, 4) is 0 Å². The molecule has 0 aromatic carbocycles. The van der Waals surface area contributed by atoms with E-state index in [0.29, 0.717) is 0 Å². The molecule has 1 fully saturated rings. The van der Waals surface area contributed by atoms with Crippen LogP contribution in [0.1, 0.15) is 13.3 Å². The Balaban J connectivity index is 2.73. The van der Waals surface area contributed by atoms with E-state index in [-0.39, 0.29) is 5.91 Å². The molecule has 1 rings (SSSR count). The van der Waals surface area contributed by atoms with Crippen molar-refractivity contribution in [2.24, 2.45) is 0 Å². The Morgan fingerprint density at radius 2 is 2.30 bits per heavy atom. The number of ether oxygens (including phenoxy) is 1. The van der Waals surface area contributed by atoms with E-state index in [4.69, 9.17) is 4.74 Å². The summed E-state index contributed by atoms with van der Waals surface area (Å²) in [4.78, 5) is 13.0. The lowest BCUT2D eigenvalue weighted by atomic mass is 10.1. The largest absolute Gasteiger partial charge is 0.369 e. The molecular weight excluding hydrogens is 130 g/mol. The minimum absolute atomic E-state index is 0.0926. The lowest BCUT2D eigenvalue weighted by Gasteiger charge is -2.19. The van der Waals surface area contributed by atoms with Crippen LogP contribution in [0.4, 0.5) is 0 Å². The average molecular weight is 143 g/mol. The molecule has 1 aliphatic heterocycles. The van der Waals surface area contributed by atoms with Gasteiger partial charge in [-0.05, 0) is 6.92 Å². The van der Waals surface area contributed by atoms with Gasteiger partial charge in [0.25, 0.3) is 5.91 Å². The predicted molar refractivity (Wildman–Crippen MR) is 37.7 cm³/mol. The maximum Gasteiger partial charge on any atom is 0.254 e. The van der Waals surface area contributed by atoms with Gasteiger partial charge in [-0.25, -0.2) is 0 Å². The second-order valence-electron chi connectivity index (χ2n) is 2.91. The summed E-state index contributed by atoms with van der Waals surface area (Å²) in [5.74, 6) is 0.0926. The molecule has 3 nitrogen and oxygen atoms in total. The number of nitrogens with zero attached hydrogens (tertiary/aromatic N) is 1. The molecule has 1 unspecified atom stereocenters. The van der Waals surface area contributed by atoms with Gasteiger partial charge in [-0.1, -0.05) is 0 Å². The molecule has 0 N–H and O–H groups in total. The van der Waals surface area contributed by atoms with Crippen LogP contribution in [0.5, 0.6) is 0 Å². The van der Waals surface area contributed by atoms with E-state index >= 15 is 0 Å². The molecule has 1 aliphatic rings. The van der Waals surface area contributed by atoms with E-state index in [1.165, 1.54) is 0 Å². The average Bonchev–Trinajstić information content (AvgIpc) is 2.19. The summed E-state index contributed by atoms with van der Waals surface area (Å²) in [5.41, 5.74) is -0.547. The van der Waals surface area contributed by atoms with Gasteiger partial charge in [0.15, 0.2) is 0 Å². The highest BCUT2D eigenvalue weighted by Crippen LogP contribution is 2.23. The zero-order valence-corrected chi connectivity index (χ0v) is 6.68. The van der Waals surface area contributed by atoms with Gasteiger partial charge in [-0.2, -0.15) is 0 Å². The third-order valence-electron chi connectivity index (χ3n) is 2.17. The van der Waals surface area contributed by atoms with E-state index < -0.39 is 5.60 Å². The van der Waals surface area contributed by atoms with Crippen LogP contribution in [0.25, 0.3) is 0 Å². The van der Waals surface area contributed by atoms with Crippen LogP contribution in [0.3, 0.4) is 0 Å². The van der Waals surface area contributed by atoms with Crippen molar-refractivity contribution in [2.75, 3.05) is 20.7 Å². The summed E-state index contributed by atoms with van der Waals surface area (Å²) in [6.07, 6.45) is 0.804. The topological polar surface area (TPSA) is 29.5 Å². The van der Waals surface area contributed by atoms with Crippen molar-refractivity contribution in [3.05, 3.63) is 0 Å². The molecule has 0 aromatic rings. The molecule has 0 aromatic heterocycles. The van der Waals surface area contributed by atoms with E-state index in [1.54, 1.807) is 19.1 Å². The molecule has 58 valence electrons. The number of hydrogen-bond acceptors (Lipinski definition) is 2. The first kappa shape index (κ1) is 7.54. The van der Waals surface area contributed by atoms with Gasteiger partial charge in [-0.3, -0.25) is 4.79 Å².